The Morgan fingerprint density at radius 3 is 2.33 bits per heavy atom. The molecule has 1 nitrogen and oxygen atoms in total. The third-order valence-electron chi connectivity index (χ3n) is 9.03. The van der Waals surface area contributed by atoms with Crippen molar-refractivity contribution in [1.29, 1.82) is 0 Å². The minimum Gasteiger partial charge on any atom is -0.493 e. The molecule has 4 heteroatoms. The predicted octanol–water partition coefficient (Wildman–Crippen LogP) is 11.0. The number of ether oxygens (including phenoxy) is 1. The van der Waals surface area contributed by atoms with Crippen molar-refractivity contribution in [1.82, 2.24) is 0 Å². The molecule has 0 aromatic heterocycles. The zero-order valence-corrected chi connectivity index (χ0v) is 24.1. The smallest absolute Gasteiger partial charge is 0.166 e. The van der Waals surface area contributed by atoms with E-state index in [9.17, 15) is 13.2 Å². The molecule has 0 saturated heterocycles. The fraction of sp³-hybridized carbons (Fsp3) is 0.600. The van der Waals surface area contributed by atoms with Crippen molar-refractivity contribution < 1.29 is 17.9 Å². The Hall–Kier alpha value is -2.23. The van der Waals surface area contributed by atoms with Crippen LogP contribution in [0.15, 0.2) is 36.4 Å². The number of hydrogen-bond acceptors (Lipinski definition) is 1. The quantitative estimate of drug-likeness (QED) is 0.230. The molecule has 1 fully saturated rings. The average Bonchev–Trinajstić information content (AvgIpc) is 2.94. The third-order valence-corrected chi connectivity index (χ3v) is 9.03. The van der Waals surface area contributed by atoms with E-state index in [0.717, 1.165) is 75.3 Å². The van der Waals surface area contributed by atoms with Crippen molar-refractivity contribution in [2.45, 2.75) is 116 Å². The maximum atomic E-state index is 14.9. The molecule has 0 aliphatic heterocycles. The summed E-state index contributed by atoms with van der Waals surface area (Å²) in [6, 6.07) is 8.91. The molecule has 0 amide bonds. The summed E-state index contributed by atoms with van der Waals surface area (Å²) in [5.41, 5.74) is 2.64. The highest BCUT2D eigenvalue weighted by atomic mass is 19.2. The van der Waals surface area contributed by atoms with Crippen LogP contribution in [-0.2, 0) is 6.42 Å². The Kier molecular flexibility index (Phi) is 11.4. The lowest BCUT2D eigenvalue weighted by Gasteiger charge is -2.29. The van der Waals surface area contributed by atoms with Gasteiger partial charge in [-0.3, -0.25) is 0 Å². The number of unbranched alkanes of at least 4 members (excludes halogenated alkanes) is 5. The highest BCUT2D eigenvalue weighted by Gasteiger charge is 2.25. The number of halogens is 3. The zero-order valence-electron chi connectivity index (χ0n) is 24.1. The number of benzene rings is 2. The zero-order chi connectivity index (χ0) is 27.6. The van der Waals surface area contributed by atoms with Gasteiger partial charge in [-0.2, -0.15) is 0 Å². The van der Waals surface area contributed by atoms with E-state index in [4.69, 9.17) is 4.74 Å². The predicted molar refractivity (Wildman–Crippen MR) is 156 cm³/mol. The Labute approximate surface area is 234 Å². The van der Waals surface area contributed by atoms with E-state index in [1.807, 2.05) is 12.1 Å². The van der Waals surface area contributed by atoms with Crippen LogP contribution in [0.25, 0.3) is 5.57 Å². The fourth-order valence-corrected chi connectivity index (χ4v) is 6.36. The van der Waals surface area contributed by atoms with Crippen LogP contribution in [0.5, 0.6) is 5.75 Å². The average molecular weight is 541 g/mol. The van der Waals surface area contributed by atoms with Gasteiger partial charge in [-0.25, -0.2) is 13.2 Å². The molecule has 2 aromatic carbocycles. The van der Waals surface area contributed by atoms with Gasteiger partial charge < -0.3 is 4.74 Å². The standard InChI is InChI=1S/C35H47F3O/c1-3-4-5-6-7-8-23-39-30-20-22-31(33(36)24-30)27-16-11-26(12-17-27)13-18-29-19-21-32(35(38)34(29)37)28-14-9-25(2)10-15-28/h14,19-22,24-27H,3-13,15-18,23H2,1-2H3. The maximum Gasteiger partial charge on any atom is 0.166 e. The molecule has 0 bridgehead atoms. The van der Waals surface area contributed by atoms with Gasteiger partial charge in [-0.1, -0.05) is 70.2 Å². The Morgan fingerprint density at radius 1 is 0.846 bits per heavy atom. The molecule has 0 N–H and O–H groups in total. The molecule has 2 aromatic rings. The molecule has 39 heavy (non-hydrogen) atoms. The van der Waals surface area contributed by atoms with Gasteiger partial charge in [0.1, 0.15) is 11.6 Å². The molecule has 0 spiro atoms. The van der Waals surface area contributed by atoms with Crippen molar-refractivity contribution in [2.75, 3.05) is 6.61 Å². The van der Waals surface area contributed by atoms with Crippen molar-refractivity contribution in [3.05, 3.63) is 70.5 Å². The Balaban J connectivity index is 1.22. The topological polar surface area (TPSA) is 9.23 Å². The van der Waals surface area contributed by atoms with E-state index in [0.29, 0.717) is 41.7 Å². The Bertz CT molecular complexity index is 1080. The van der Waals surface area contributed by atoms with Gasteiger partial charge in [0.2, 0.25) is 0 Å². The first-order chi connectivity index (χ1) is 19.0. The minimum atomic E-state index is -0.688. The monoisotopic (exact) mass is 540 g/mol. The number of rotatable bonds is 13. The highest BCUT2D eigenvalue weighted by Crippen LogP contribution is 2.39. The van der Waals surface area contributed by atoms with E-state index >= 15 is 0 Å². The van der Waals surface area contributed by atoms with Crippen LogP contribution in [0.1, 0.15) is 126 Å². The van der Waals surface area contributed by atoms with E-state index in [2.05, 4.69) is 19.9 Å². The van der Waals surface area contributed by atoms with E-state index < -0.39 is 11.6 Å². The van der Waals surface area contributed by atoms with E-state index in [1.54, 1.807) is 18.2 Å². The van der Waals surface area contributed by atoms with Crippen molar-refractivity contribution >= 4 is 5.57 Å². The molecule has 0 heterocycles. The largest absolute Gasteiger partial charge is 0.493 e. The molecule has 1 saturated carbocycles. The summed E-state index contributed by atoms with van der Waals surface area (Å²) in [6.07, 6.45) is 17.3. The lowest BCUT2D eigenvalue weighted by molar-refractivity contribution is 0.297. The molecule has 2 aliphatic carbocycles. The summed E-state index contributed by atoms with van der Waals surface area (Å²) in [5.74, 6) is 0.379. The third kappa shape index (κ3) is 8.38. The summed E-state index contributed by atoms with van der Waals surface area (Å²) in [6.45, 7) is 5.05. The van der Waals surface area contributed by atoms with Gasteiger partial charge in [-0.05, 0) is 105 Å². The molecule has 1 atom stereocenters. The molecule has 214 valence electrons. The van der Waals surface area contributed by atoms with Crippen LogP contribution >= 0.6 is 0 Å². The maximum absolute atomic E-state index is 14.9. The van der Waals surface area contributed by atoms with Gasteiger partial charge in [0.25, 0.3) is 0 Å². The normalized spacial score (nSPS) is 21.6. The van der Waals surface area contributed by atoms with E-state index in [-0.39, 0.29) is 11.7 Å². The first-order valence-electron chi connectivity index (χ1n) is 15.5. The van der Waals surface area contributed by atoms with Crippen molar-refractivity contribution in [2.24, 2.45) is 11.8 Å². The summed E-state index contributed by atoms with van der Waals surface area (Å²) in [7, 11) is 0. The molecule has 1 unspecified atom stereocenters. The van der Waals surface area contributed by atoms with Crippen LogP contribution in [0, 0.1) is 29.3 Å². The van der Waals surface area contributed by atoms with Crippen LogP contribution < -0.4 is 4.74 Å². The molecule has 4 rings (SSSR count). The first kappa shape index (κ1) is 29.7. The number of aryl methyl sites for hydroxylation is 1. The van der Waals surface area contributed by atoms with Crippen molar-refractivity contribution in [3.8, 4) is 5.75 Å². The van der Waals surface area contributed by atoms with Gasteiger partial charge in [-0.15, -0.1) is 0 Å². The fourth-order valence-electron chi connectivity index (χ4n) is 6.36. The Morgan fingerprint density at radius 2 is 1.62 bits per heavy atom. The van der Waals surface area contributed by atoms with Gasteiger partial charge in [0, 0.05) is 11.6 Å². The van der Waals surface area contributed by atoms with Crippen molar-refractivity contribution in [3.63, 3.8) is 0 Å². The van der Waals surface area contributed by atoms with Crippen LogP contribution in [0.3, 0.4) is 0 Å². The number of allylic oxidation sites excluding steroid dienone is 2. The van der Waals surface area contributed by atoms with Gasteiger partial charge in [0.15, 0.2) is 11.6 Å². The SMILES string of the molecule is CCCCCCCCOc1ccc(C2CCC(CCc3ccc(C4=CCC(C)CC4)c(F)c3F)CC2)c(F)c1. The summed E-state index contributed by atoms with van der Waals surface area (Å²) < 4.78 is 50.5. The summed E-state index contributed by atoms with van der Waals surface area (Å²) in [4.78, 5) is 0. The lowest BCUT2D eigenvalue weighted by atomic mass is 9.76. The summed E-state index contributed by atoms with van der Waals surface area (Å²) >= 11 is 0. The number of hydrogen-bond donors (Lipinski definition) is 0. The molecule has 2 aliphatic rings. The molecular weight excluding hydrogens is 493 g/mol. The first-order valence-corrected chi connectivity index (χ1v) is 15.5. The lowest BCUT2D eigenvalue weighted by Crippen LogP contribution is -2.15. The van der Waals surface area contributed by atoms with Crippen LogP contribution in [0.4, 0.5) is 13.2 Å². The van der Waals surface area contributed by atoms with Crippen LogP contribution in [-0.4, -0.2) is 6.61 Å². The van der Waals surface area contributed by atoms with E-state index in [1.165, 1.54) is 25.7 Å². The van der Waals surface area contributed by atoms with Gasteiger partial charge >= 0.3 is 0 Å². The molecule has 0 radical (unpaired) electrons. The second kappa shape index (κ2) is 15.0. The minimum absolute atomic E-state index is 0.168. The second-order valence-electron chi connectivity index (χ2n) is 12.1. The summed E-state index contributed by atoms with van der Waals surface area (Å²) in [5, 5.41) is 0. The second-order valence-corrected chi connectivity index (χ2v) is 12.1. The van der Waals surface area contributed by atoms with Gasteiger partial charge in [0.05, 0.1) is 6.61 Å². The highest BCUT2D eigenvalue weighted by molar-refractivity contribution is 5.67. The molecular formula is C35H47F3O. The van der Waals surface area contributed by atoms with Crippen LogP contribution in [0.2, 0.25) is 0 Å².